The Labute approximate surface area is 599 Å². The maximum Gasteiger partial charge on any atom is 0.213 e. The first-order chi connectivity index (χ1) is 48.1. The van der Waals surface area contributed by atoms with Gasteiger partial charge in [0, 0.05) is 74.9 Å². The van der Waals surface area contributed by atoms with Gasteiger partial charge in [-0.3, -0.25) is 15.0 Å². The highest BCUT2D eigenvalue weighted by atomic mass is 19.1. The van der Waals surface area contributed by atoms with Crippen molar-refractivity contribution in [2.75, 3.05) is 20.2 Å². The second-order valence-electron chi connectivity index (χ2n) is 29.5. The maximum absolute atomic E-state index is 13.2. The van der Waals surface area contributed by atoms with Crippen LogP contribution in [0.4, 0.5) is 8.78 Å². The minimum Gasteiger partial charge on any atom is -0.481 e. The lowest BCUT2D eigenvalue weighted by molar-refractivity contribution is 0.271. The molecule has 4 aromatic heterocycles. The van der Waals surface area contributed by atoms with Crippen LogP contribution in [0.25, 0.3) is 32.8 Å². The number of likely N-dealkylation sites (tertiary alicyclic amines) is 1. The van der Waals surface area contributed by atoms with E-state index in [0.29, 0.717) is 29.6 Å². The van der Waals surface area contributed by atoms with Crippen molar-refractivity contribution in [3.8, 4) is 5.88 Å². The number of pyridine rings is 2. The zero-order valence-electron chi connectivity index (χ0n) is 65.3. The highest BCUT2D eigenvalue weighted by molar-refractivity contribution is 5.83. The number of allylic oxidation sites excluding steroid dienone is 1. The molecule has 0 radical (unpaired) electrons. The third kappa shape index (κ3) is 31.4. The van der Waals surface area contributed by atoms with Gasteiger partial charge in [0.15, 0.2) is 0 Å². The lowest BCUT2D eigenvalue weighted by atomic mass is 9.90. The van der Waals surface area contributed by atoms with Crippen LogP contribution in [0, 0.1) is 59.0 Å². The molecule has 5 heterocycles. The number of fused-ring (bicyclic) bond motifs is 4. The van der Waals surface area contributed by atoms with E-state index in [0.717, 1.165) is 89.6 Å². The first kappa shape index (κ1) is 78.3. The molecule has 1 atom stereocenters. The van der Waals surface area contributed by atoms with E-state index < -0.39 is 29.5 Å². The van der Waals surface area contributed by atoms with Crippen LogP contribution in [-0.2, 0) is 44.9 Å². The van der Waals surface area contributed by atoms with Gasteiger partial charge >= 0.3 is 0 Å². The van der Waals surface area contributed by atoms with Gasteiger partial charge < -0.3 is 14.1 Å². The Balaban J connectivity index is 0.000000208. The fourth-order valence-electron chi connectivity index (χ4n) is 12.0. The number of methoxy groups -OCH3 is 1. The van der Waals surface area contributed by atoms with Crippen LogP contribution in [0.2, 0.25) is 0 Å². The summed E-state index contributed by atoms with van der Waals surface area (Å²) in [5, 5.41) is 3.89. The average Bonchev–Trinajstić information content (AvgIpc) is 1.79. The summed E-state index contributed by atoms with van der Waals surface area (Å²) in [6.07, 6.45) is 16.7. The molecule has 0 amide bonds. The number of aryl methyl sites for hydroxylation is 1. The highest BCUT2D eigenvalue weighted by Crippen LogP contribution is 2.38. The van der Waals surface area contributed by atoms with Crippen molar-refractivity contribution in [1.29, 1.82) is 0 Å². The monoisotopic (exact) mass is 1340 g/mol. The Hall–Kier alpha value is -8.04. The third-order valence-corrected chi connectivity index (χ3v) is 16.5. The van der Waals surface area contributed by atoms with Gasteiger partial charge in [0.25, 0.3) is 0 Å². The van der Waals surface area contributed by atoms with E-state index in [1.807, 2.05) is 60.8 Å². The molecule has 1 saturated heterocycles. The molecule has 1 fully saturated rings. The minimum absolute atomic E-state index is 0.477. The summed E-state index contributed by atoms with van der Waals surface area (Å²) in [6, 6.07) is 56.0. The number of benzene rings is 6. The first-order valence-electron chi connectivity index (χ1n) is 37.6. The fraction of sp³-hybridized carbons (Fsp3) is 0.444. The number of aromatic nitrogens is 4. The van der Waals surface area contributed by atoms with E-state index in [4.69, 9.17) is 11.9 Å². The van der Waals surface area contributed by atoms with Gasteiger partial charge in [-0.1, -0.05) is 227 Å². The molecule has 1 aliphatic carbocycles. The van der Waals surface area contributed by atoms with Gasteiger partial charge in [-0.25, -0.2) is 13.8 Å². The molecular weight excluding hydrogens is 1220 g/mol. The second-order valence-corrected chi connectivity index (χ2v) is 29.5. The lowest BCUT2D eigenvalue weighted by Crippen LogP contribution is -2.29. The number of rotatable bonds is 17. The molecule has 7 nitrogen and oxygen atoms in total. The Morgan fingerprint density at radius 3 is 1.67 bits per heavy atom. The zero-order chi connectivity index (χ0) is 74.0. The molecule has 9 heteroatoms. The molecule has 0 spiro atoms. The normalized spacial score (nSPS) is 13.5. The van der Waals surface area contributed by atoms with E-state index in [1.165, 1.54) is 103 Å². The van der Waals surface area contributed by atoms with Crippen molar-refractivity contribution < 1.29 is 20.7 Å². The van der Waals surface area contributed by atoms with Crippen molar-refractivity contribution in [2.24, 2.45) is 47.3 Å². The largest absolute Gasteiger partial charge is 0.481 e. The van der Waals surface area contributed by atoms with E-state index in [1.54, 1.807) is 44.5 Å². The number of halogens is 2. The first-order valence-corrected chi connectivity index (χ1v) is 36.6. The van der Waals surface area contributed by atoms with Crippen molar-refractivity contribution in [3.63, 3.8) is 0 Å². The summed E-state index contributed by atoms with van der Waals surface area (Å²) in [5.41, 5.74) is 12.1. The number of para-hydroxylation sites is 1. The summed E-state index contributed by atoms with van der Waals surface area (Å²) in [7, 11) is 1.64. The summed E-state index contributed by atoms with van der Waals surface area (Å²) in [4.78, 5) is 19.5. The fourth-order valence-corrected chi connectivity index (χ4v) is 12.0. The summed E-state index contributed by atoms with van der Waals surface area (Å²) in [6.45, 7) is 41.1. The molecule has 10 aromatic rings. The van der Waals surface area contributed by atoms with E-state index in [2.05, 4.69) is 225 Å². The number of nitrogens with zero attached hydrogens (tertiary/aromatic N) is 5. The molecule has 0 saturated carbocycles. The third-order valence-electron chi connectivity index (χ3n) is 16.5. The lowest BCUT2D eigenvalue weighted by Gasteiger charge is -2.31. The number of hydrogen-bond acceptors (Lipinski definition) is 7. The standard InChI is InChI=1S/C14H16.C12H14N2.C12H14O.C12H16.C11H21N.C10H12F2.C10H15NO.C9H13N/c1-11(2)9-12-7-8-13-5-3-4-6-14(13)10-12;1-9(2)7-10-3-4-11-12(8-10)14-6-5-13-11;1-9(2)7-11-8-10-5-3-4-6-12(10)13-11;1-9(2)11-8-7-10-5-3-4-6-12(10)11;1-10(2)9-11(3)12-7-5-4-6-8-12;1-7(2)6-8-9(11)4-3-5-10(8)12;1-8(2)7-9-5-4-6-10(11-9)12-3;1-8(2)7-9-5-3-4-6-10-9/h3-8,10-11H,9H2,1-2H3;3-6,8-9H,7H2,1-2H3;3-6,8-9H,7H2,1-2H3;3-6,9,11H,7-8H2,1-2H3;10H,3-9H2,1-2H3;3-5,7H,6H2,1-2H3;4-6,8H,7H2,1-3H3;3-6,8H,7H2,1-2H3/i;;;;;6D2;;. The van der Waals surface area contributed by atoms with E-state index in [-0.39, 0.29) is 0 Å². The molecule has 532 valence electrons. The van der Waals surface area contributed by atoms with Crippen LogP contribution in [0.15, 0.2) is 205 Å². The number of furan rings is 1. The highest BCUT2D eigenvalue weighted by Gasteiger charge is 2.24. The Morgan fingerprint density at radius 1 is 0.515 bits per heavy atom. The second kappa shape index (κ2) is 44.2. The van der Waals surface area contributed by atoms with Crippen molar-refractivity contribution in [1.82, 2.24) is 24.8 Å². The van der Waals surface area contributed by atoms with Crippen LogP contribution in [-0.4, -0.2) is 45.0 Å². The number of hydrogen-bond donors (Lipinski definition) is 0. The molecule has 2 aliphatic rings. The Morgan fingerprint density at radius 2 is 1.07 bits per heavy atom. The summed E-state index contributed by atoms with van der Waals surface area (Å²) in [5.74, 6) is 5.44. The Bertz CT molecular complexity index is 3830. The van der Waals surface area contributed by atoms with Crippen molar-refractivity contribution >= 4 is 32.8 Å². The smallest absolute Gasteiger partial charge is 0.213 e. The Kier molecular flexibility index (Phi) is 34.9. The molecule has 1 aliphatic heterocycles. The average molecular weight is 1340 g/mol. The minimum atomic E-state index is -1.98. The molecule has 1 unspecified atom stereocenters. The van der Waals surface area contributed by atoms with Crippen LogP contribution in [0.5, 0.6) is 5.88 Å². The predicted octanol–water partition coefficient (Wildman–Crippen LogP) is 24.6. The SMILES string of the molecule is C=C(CC(C)C)N1CCCCC1.CC(C)C1CCc2ccccc21.CC(C)Cc1cc2ccccc2o1.CC(C)Cc1ccc2ccccc2c1.CC(C)Cc1ccc2nccnc2c1.CC(C)Cc1ccccn1.COc1cccc(CC(C)C)n1.[2H]C([2H])(c1c(F)cccc1F)C(C)C. The van der Waals surface area contributed by atoms with Gasteiger partial charge in [-0.15, -0.1) is 0 Å². The van der Waals surface area contributed by atoms with Gasteiger partial charge in [-0.05, 0) is 211 Å². The molecule has 6 aromatic carbocycles. The predicted molar refractivity (Wildman–Crippen MR) is 419 cm³/mol. The topological polar surface area (TPSA) is 77.2 Å². The summed E-state index contributed by atoms with van der Waals surface area (Å²) < 4.78 is 52.3. The van der Waals surface area contributed by atoms with E-state index in [9.17, 15) is 8.78 Å². The molecule has 0 N–H and O–H groups in total. The zero-order valence-corrected chi connectivity index (χ0v) is 63.3. The van der Waals surface area contributed by atoms with E-state index >= 15 is 0 Å². The van der Waals surface area contributed by atoms with Crippen LogP contribution < -0.4 is 4.74 Å². The molecular formula is C90H121F2N5O2. The molecule has 12 rings (SSSR count). The van der Waals surface area contributed by atoms with Crippen molar-refractivity contribution in [3.05, 3.63) is 257 Å². The molecule has 0 bridgehead atoms. The molecule has 99 heavy (non-hydrogen) atoms. The number of ether oxygens (including phenoxy) is 1. The van der Waals surface area contributed by atoms with Gasteiger partial charge in [-0.2, -0.15) is 0 Å². The van der Waals surface area contributed by atoms with Crippen LogP contribution in [0.3, 0.4) is 0 Å². The van der Waals surface area contributed by atoms with Crippen LogP contribution in [0.1, 0.15) is 197 Å². The van der Waals surface area contributed by atoms with Crippen LogP contribution >= 0.6 is 0 Å². The maximum atomic E-state index is 13.2. The van der Waals surface area contributed by atoms with Crippen molar-refractivity contribution in [2.45, 2.75) is 194 Å². The quantitative estimate of drug-likeness (QED) is 0.0899. The summed E-state index contributed by atoms with van der Waals surface area (Å²) >= 11 is 0. The van der Waals surface area contributed by atoms with Gasteiger partial charge in [0.1, 0.15) is 23.0 Å². The van der Waals surface area contributed by atoms with Gasteiger partial charge in [0.05, 0.1) is 18.1 Å². The number of piperidine rings is 1. The van der Waals surface area contributed by atoms with Gasteiger partial charge in [0.2, 0.25) is 5.88 Å².